The van der Waals surface area contributed by atoms with Gasteiger partial charge in [0.2, 0.25) is 0 Å². The van der Waals surface area contributed by atoms with Crippen molar-refractivity contribution < 1.29 is 36.2 Å². The minimum Gasteiger partial charge on any atom is -0.508 e. The third-order valence-electron chi connectivity index (χ3n) is 12.1. The Balaban J connectivity index is 1.23. The van der Waals surface area contributed by atoms with E-state index in [1.807, 2.05) is 0 Å². The van der Waals surface area contributed by atoms with Gasteiger partial charge in [0.1, 0.15) is 41.2 Å². The molecular weight excluding hydrogens is 724 g/mol. The number of hydrogen-bond donors (Lipinski definition) is 1. The number of fused-ring (bicyclic) bond motifs is 7. The molecule has 0 radical (unpaired) electrons. The summed E-state index contributed by atoms with van der Waals surface area (Å²) in [4.78, 5) is 16.0. The lowest BCUT2D eigenvalue weighted by atomic mass is 9.91. The summed E-state index contributed by atoms with van der Waals surface area (Å²) in [6, 6.07) is 5.06. The van der Waals surface area contributed by atoms with Gasteiger partial charge in [-0.1, -0.05) is 12.0 Å². The number of phenolic OH excluding ortho intramolecular Hbond substituents is 1. The van der Waals surface area contributed by atoms with Crippen LogP contribution in [0.3, 0.4) is 0 Å². The number of piperazine rings is 1. The number of hydrogen-bond acceptors (Lipinski definition) is 8. The molecule has 0 aliphatic carbocycles. The molecule has 0 spiro atoms. The summed E-state index contributed by atoms with van der Waals surface area (Å²) in [5.41, 5.74) is -0.434. The Bertz CT molecular complexity index is 2380. The number of nitrogens with zero attached hydrogens (tertiary/aromatic N) is 7. The summed E-state index contributed by atoms with van der Waals surface area (Å²) < 4.78 is 94.5. The van der Waals surface area contributed by atoms with E-state index < -0.39 is 35.9 Å². The Labute approximate surface area is 312 Å². The third-order valence-corrected chi connectivity index (χ3v) is 12.1. The van der Waals surface area contributed by atoms with Crippen LogP contribution in [0.25, 0.3) is 43.7 Å². The summed E-state index contributed by atoms with van der Waals surface area (Å²) in [6.45, 7) is 2.47. The zero-order chi connectivity index (χ0) is 38.4. The van der Waals surface area contributed by atoms with Gasteiger partial charge >= 0.3 is 12.2 Å². The third kappa shape index (κ3) is 6.08. The Morgan fingerprint density at radius 1 is 1.05 bits per heavy atom. The summed E-state index contributed by atoms with van der Waals surface area (Å²) >= 11 is 0. The highest BCUT2D eigenvalue weighted by Crippen LogP contribution is 2.47. The molecule has 55 heavy (non-hydrogen) atoms. The van der Waals surface area contributed by atoms with Gasteiger partial charge in [-0.3, -0.25) is 14.5 Å². The van der Waals surface area contributed by atoms with Crippen LogP contribution >= 0.6 is 0 Å². The first-order valence-corrected chi connectivity index (χ1v) is 18.7. The molecular formula is C40H39F6N7O2. The van der Waals surface area contributed by atoms with Gasteiger partial charge in [-0.15, -0.1) is 6.42 Å². The molecule has 15 heteroatoms. The van der Waals surface area contributed by atoms with E-state index in [1.54, 1.807) is 13.2 Å². The number of aromatic nitrogens is 4. The van der Waals surface area contributed by atoms with Crippen molar-refractivity contribution in [2.45, 2.75) is 74.9 Å². The molecule has 0 amide bonds. The van der Waals surface area contributed by atoms with E-state index >= 15 is 8.78 Å². The highest BCUT2D eigenvalue weighted by atomic mass is 19.4. The van der Waals surface area contributed by atoms with E-state index in [0.717, 1.165) is 32.2 Å². The minimum atomic E-state index is -4.23. The quantitative estimate of drug-likeness (QED) is 0.131. The van der Waals surface area contributed by atoms with Gasteiger partial charge < -0.3 is 14.7 Å². The van der Waals surface area contributed by atoms with Gasteiger partial charge in [-0.2, -0.15) is 28.2 Å². The number of aryl methyl sites for hydroxylation is 1. The maximum atomic E-state index is 17.7. The van der Waals surface area contributed by atoms with Crippen LogP contribution in [0.5, 0.6) is 11.8 Å². The number of terminal acetylenes is 1. The number of aromatic hydroxyl groups is 1. The fraction of sp³-hybridized carbons (Fsp3) is 0.475. The first kappa shape index (κ1) is 35.9. The number of likely N-dealkylation sites (tertiary alicyclic amines) is 1. The molecule has 9 rings (SSSR count). The number of rotatable bonds is 8. The maximum absolute atomic E-state index is 17.7. The summed E-state index contributed by atoms with van der Waals surface area (Å²) in [5.74, 6) is 1.13. The second-order valence-corrected chi connectivity index (χ2v) is 15.6. The van der Waals surface area contributed by atoms with Crippen molar-refractivity contribution in [3.05, 3.63) is 47.7 Å². The topological polar surface area (TPSA) is 82.8 Å². The lowest BCUT2D eigenvalue weighted by molar-refractivity contribution is -0.136. The molecule has 4 atom stereocenters. The highest BCUT2D eigenvalue weighted by Gasteiger charge is 2.50. The van der Waals surface area contributed by atoms with E-state index in [4.69, 9.17) is 21.1 Å². The molecule has 3 aromatic carbocycles. The van der Waals surface area contributed by atoms with Crippen LogP contribution < -0.4 is 9.64 Å². The smallest absolute Gasteiger partial charge is 0.389 e. The summed E-state index contributed by atoms with van der Waals surface area (Å²) in [6.07, 6.45) is 4.90. The van der Waals surface area contributed by atoms with E-state index in [9.17, 15) is 22.7 Å². The lowest BCUT2D eigenvalue weighted by Gasteiger charge is -2.42. The molecule has 4 aliphatic rings. The highest BCUT2D eigenvalue weighted by molar-refractivity contribution is 6.18. The first-order chi connectivity index (χ1) is 26.3. The van der Waals surface area contributed by atoms with Crippen molar-refractivity contribution in [1.29, 1.82) is 0 Å². The zero-order valence-corrected chi connectivity index (χ0v) is 30.1. The van der Waals surface area contributed by atoms with Gasteiger partial charge in [0.15, 0.2) is 5.82 Å². The van der Waals surface area contributed by atoms with Crippen molar-refractivity contribution >= 4 is 38.4 Å². The summed E-state index contributed by atoms with van der Waals surface area (Å²) in [7, 11) is 1.69. The van der Waals surface area contributed by atoms with Crippen molar-refractivity contribution in [2.75, 3.05) is 44.2 Å². The van der Waals surface area contributed by atoms with Crippen molar-refractivity contribution in [2.24, 2.45) is 7.05 Å². The fourth-order valence-electron chi connectivity index (χ4n) is 9.84. The van der Waals surface area contributed by atoms with Gasteiger partial charge in [-0.25, -0.2) is 13.2 Å². The second-order valence-electron chi connectivity index (χ2n) is 15.6. The normalized spacial score (nSPS) is 24.4. The Hall–Kier alpha value is -4.81. The van der Waals surface area contributed by atoms with Gasteiger partial charge in [0.05, 0.1) is 16.5 Å². The Morgan fingerprint density at radius 2 is 1.84 bits per heavy atom. The molecule has 6 heterocycles. The first-order valence-electron chi connectivity index (χ1n) is 18.7. The van der Waals surface area contributed by atoms with Gasteiger partial charge in [-0.05, 0) is 74.3 Å². The van der Waals surface area contributed by atoms with Crippen LogP contribution in [0, 0.1) is 24.0 Å². The monoisotopic (exact) mass is 763 g/mol. The number of alkyl halides is 4. The Kier molecular flexibility index (Phi) is 8.58. The number of halogens is 6. The van der Waals surface area contributed by atoms with Crippen molar-refractivity contribution in [3.8, 4) is 35.2 Å². The molecule has 9 nitrogen and oxygen atoms in total. The number of ether oxygens (including phenoxy) is 1. The zero-order valence-electron chi connectivity index (χ0n) is 30.1. The average molecular weight is 764 g/mol. The molecule has 288 valence electrons. The van der Waals surface area contributed by atoms with Crippen LogP contribution in [-0.2, 0) is 7.05 Å². The molecule has 0 saturated carbocycles. The SMILES string of the molecule is C#Cc1c(F)ccc2cc(O)cc(-c3c(F)c4nc(OC[C@@]56CCCN5C[C@H](F)C6)nc(N5[C@@H]6CC[C@H]5CN(CCCC(F)(F)F)C6)c4c4cn(C)nc34)c12. The minimum absolute atomic E-state index is 0.00478. The van der Waals surface area contributed by atoms with Crippen LogP contribution in [-0.4, -0.2) is 104 Å². The number of anilines is 1. The van der Waals surface area contributed by atoms with Gasteiger partial charge in [0.25, 0.3) is 0 Å². The predicted octanol–water partition coefficient (Wildman–Crippen LogP) is 7.25. The van der Waals surface area contributed by atoms with Crippen LogP contribution in [0.1, 0.15) is 50.5 Å². The van der Waals surface area contributed by atoms with E-state index in [1.165, 1.54) is 28.9 Å². The van der Waals surface area contributed by atoms with E-state index in [-0.39, 0.29) is 70.0 Å². The van der Waals surface area contributed by atoms with Gasteiger partial charge in [0, 0.05) is 74.1 Å². The molecule has 4 saturated heterocycles. The average Bonchev–Trinajstić information content (AvgIpc) is 3.85. The molecule has 0 unspecified atom stereocenters. The van der Waals surface area contributed by atoms with E-state index in [0.29, 0.717) is 54.6 Å². The fourth-order valence-corrected chi connectivity index (χ4v) is 9.84. The molecule has 1 N–H and O–H groups in total. The predicted molar refractivity (Wildman–Crippen MR) is 196 cm³/mol. The molecule has 5 aromatic rings. The Morgan fingerprint density at radius 3 is 2.58 bits per heavy atom. The lowest BCUT2D eigenvalue weighted by Crippen LogP contribution is -2.54. The van der Waals surface area contributed by atoms with Crippen molar-refractivity contribution in [1.82, 2.24) is 29.5 Å². The maximum Gasteiger partial charge on any atom is 0.389 e. The van der Waals surface area contributed by atoms with E-state index in [2.05, 4.69) is 25.7 Å². The standard InChI is InChI=1S/C40H39F6N7O2/c1-3-27-30(42)9-6-22-14-26(54)15-28(31(22)27)32-34(43)36-33(29-20-50(2)49-35(29)32)37(48-38(47-36)55-21-39-10-4-13-52(39)17-23(41)16-39)53-24-7-8-25(53)19-51(18-24)12-5-11-40(44,45)46/h1,6,9,14-15,20,23-25,54H,4-5,7-8,10-13,16-19,21H2,2H3/t23-,24-,25+,39+/m1/s1. The largest absolute Gasteiger partial charge is 0.508 e. The van der Waals surface area contributed by atoms with Crippen LogP contribution in [0.4, 0.5) is 32.2 Å². The number of benzene rings is 3. The summed E-state index contributed by atoms with van der Waals surface area (Å²) in [5, 5.41) is 17.0. The molecule has 4 aliphatic heterocycles. The van der Waals surface area contributed by atoms with Crippen LogP contribution in [0.15, 0.2) is 30.5 Å². The molecule has 2 aromatic heterocycles. The molecule has 2 bridgehead atoms. The van der Waals surface area contributed by atoms with Crippen molar-refractivity contribution in [3.63, 3.8) is 0 Å². The molecule has 4 fully saturated rings. The number of phenols is 1. The second kappa shape index (κ2) is 13.2. The van der Waals surface area contributed by atoms with Crippen LogP contribution in [0.2, 0.25) is 0 Å².